The normalized spacial score (nSPS) is 11.4. The molecule has 0 aliphatic rings. The van der Waals surface area contributed by atoms with E-state index in [0.717, 1.165) is 11.9 Å². The number of allylic oxidation sites excluding steroid dienone is 2. The van der Waals surface area contributed by atoms with Crippen LogP contribution in [0.2, 0.25) is 0 Å². The van der Waals surface area contributed by atoms with Crippen molar-refractivity contribution in [2.45, 2.75) is 39.7 Å². The summed E-state index contributed by atoms with van der Waals surface area (Å²) in [6, 6.07) is 0. The minimum absolute atomic E-state index is 0.346. The van der Waals surface area contributed by atoms with Gasteiger partial charge in [-0.15, -0.1) is 0 Å². The Labute approximate surface area is 79.5 Å². The van der Waals surface area contributed by atoms with E-state index < -0.39 is 5.60 Å². The molecule has 0 fully saturated rings. The molecule has 74 valence electrons. The Hall–Kier alpha value is -1.12. The molecule has 0 rings (SSSR count). The van der Waals surface area contributed by atoms with Crippen LogP contribution < -0.4 is 0 Å². The molecule has 0 aromatic rings. The van der Waals surface area contributed by atoms with Gasteiger partial charge >= 0.3 is 0 Å². The number of hydrogen-bond acceptors (Lipinski definition) is 3. The van der Waals surface area contributed by atoms with Gasteiger partial charge in [0.15, 0.2) is 0 Å². The van der Waals surface area contributed by atoms with E-state index in [1.54, 1.807) is 6.21 Å². The quantitative estimate of drug-likeness (QED) is 0.373. The standard InChI is InChI=1S/C10H17NO2/c1-9(2)5-7-11-13-10(3,4)6-8-12/h5,7-8H,6H2,1-4H3. The van der Waals surface area contributed by atoms with Crippen molar-refractivity contribution in [3.63, 3.8) is 0 Å². The molecule has 3 nitrogen and oxygen atoms in total. The van der Waals surface area contributed by atoms with Crippen LogP contribution in [0.4, 0.5) is 0 Å². The fraction of sp³-hybridized carbons (Fsp3) is 0.600. The van der Waals surface area contributed by atoms with Gasteiger partial charge in [-0.1, -0.05) is 10.7 Å². The Kier molecular flexibility index (Phi) is 5.04. The van der Waals surface area contributed by atoms with Crippen molar-refractivity contribution < 1.29 is 9.63 Å². The van der Waals surface area contributed by atoms with Gasteiger partial charge < -0.3 is 9.63 Å². The Morgan fingerprint density at radius 1 is 1.46 bits per heavy atom. The van der Waals surface area contributed by atoms with Crippen molar-refractivity contribution >= 4 is 12.5 Å². The van der Waals surface area contributed by atoms with Gasteiger partial charge in [-0.2, -0.15) is 0 Å². The van der Waals surface area contributed by atoms with Gasteiger partial charge in [0.1, 0.15) is 11.9 Å². The lowest BCUT2D eigenvalue weighted by molar-refractivity contribution is -0.113. The summed E-state index contributed by atoms with van der Waals surface area (Å²) in [5.74, 6) is 0. The van der Waals surface area contributed by atoms with E-state index in [9.17, 15) is 4.79 Å². The second kappa shape index (κ2) is 5.51. The summed E-state index contributed by atoms with van der Waals surface area (Å²) in [4.78, 5) is 15.3. The molecule has 0 aromatic heterocycles. The first-order valence-electron chi connectivity index (χ1n) is 4.26. The summed E-state index contributed by atoms with van der Waals surface area (Å²) >= 11 is 0. The highest BCUT2D eigenvalue weighted by Crippen LogP contribution is 2.12. The van der Waals surface area contributed by atoms with Crippen molar-refractivity contribution in [2.75, 3.05) is 0 Å². The molecule has 0 aromatic carbocycles. The molecule has 3 heteroatoms. The third-order valence-electron chi connectivity index (χ3n) is 1.34. The van der Waals surface area contributed by atoms with Crippen LogP contribution in [-0.2, 0) is 9.63 Å². The van der Waals surface area contributed by atoms with E-state index in [4.69, 9.17) is 4.84 Å². The zero-order chi connectivity index (χ0) is 10.3. The summed E-state index contributed by atoms with van der Waals surface area (Å²) in [6.45, 7) is 7.59. The molecule has 0 spiro atoms. The molecule has 0 radical (unpaired) electrons. The maximum absolute atomic E-state index is 10.2. The van der Waals surface area contributed by atoms with Crippen LogP contribution in [0.15, 0.2) is 16.8 Å². The fourth-order valence-corrected chi connectivity index (χ4v) is 0.591. The number of carbonyl (C=O) groups is 1. The Morgan fingerprint density at radius 3 is 2.54 bits per heavy atom. The summed E-state index contributed by atoms with van der Waals surface area (Å²) in [5.41, 5.74) is 0.647. The monoisotopic (exact) mass is 183 g/mol. The number of carbonyl (C=O) groups excluding carboxylic acids is 1. The van der Waals surface area contributed by atoms with Gasteiger partial charge in [-0.25, -0.2) is 0 Å². The third-order valence-corrected chi connectivity index (χ3v) is 1.34. The lowest BCUT2D eigenvalue weighted by Gasteiger charge is -2.18. The number of oxime groups is 1. The van der Waals surface area contributed by atoms with Crippen LogP contribution in [0.1, 0.15) is 34.1 Å². The van der Waals surface area contributed by atoms with Gasteiger partial charge in [0, 0.05) is 6.42 Å². The van der Waals surface area contributed by atoms with Crippen LogP contribution >= 0.6 is 0 Å². The molecular formula is C10H17NO2. The summed E-state index contributed by atoms with van der Waals surface area (Å²) in [7, 11) is 0. The van der Waals surface area contributed by atoms with Gasteiger partial charge in [0.2, 0.25) is 0 Å². The predicted molar refractivity (Wildman–Crippen MR) is 53.8 cm³/mol. The predicted octanol–water partition coefficient (Wildman–Crippen LogP) is 2.32. The molecule has 0 aliphatic carbocycles. The molecule has 0 bridgehead atoms. The van der Waals surface area contributed by atoms with E-state index in [-0.39, 0.29) is 0 Å². The molecule has 0 unspecified atom stereocenters. The zero-order valence-corrected chi connectivity index (χ0v) is 8.70. The first-order chi connectivity index (χ1) is 5.98. The number of hydrogen-bond donors (Lipinski definition) is 0. The molecule has 0 saturated heterocycles. The van der Waals surface area contributed by atoms with E-state index in [0.29, 0.717) is 6.42 Å². The molecular weight excluding hydrogens is 166 g/mol. The lowest BCUT2D eigenvalue weighted by atomic mass is 10.1. The zero-order valence-electron chi connectivity index (χ0n) is 8.70. The largest absolute Gasteiger partial charge is 0.389 e. The van der Waals surface area contributed by atoms with Gasteiger partial charge in [0.25, 0.3) is 0 Å². The van der Waals surface area contributed by atoms with Gasteiger partial charge in [-0.05, 0) is 33.8 Å². The second-order valence-electron chi connectivity index (χ2n) is 3.72. The highest BCUT2D eigenvalue weighted by molar-refractivity contribution is 5.71. The smallest absolute Gasteiger partial charge is 0.138 e. The average Bonchev–Trinajstić information content (AvgIpc) is 1.98. The van der Waals surface area contributed by atoms with Crippen LogP contribution in [0.3, 0.4) is 0 Å². The maximum atomic E-state index is 10.2. The van der Waals surface area contributed by atoms with Crippen molar-refractivity contribution in [2.24, 2.45) is 5.16 Å². The van der Waals surface area contributed by atoms with Gasteiger partial charge in [0.05, 0.1) is 6.21 Å². The summed E-state index contributed by atoms with van der Waals surface area (Å²) in [6.07, 6.45) is 4.61. The Balaban J connectivity index is 3.93. The highest BCUT2D eigenvalue weighted by atomic mass is 16.6. The number of nitrogens with zero attached hydrogens (tertiary/aromatic N) is 1. The SMILES string of the molecule is CC(C)=CC=NOC(C)(C)CC=O. The van der Waals surface area contributed by atoms with Crippen molar-refractivity contribution in [3.05, 3.63) is 11.6 Å². The van der Waals surface area contributed by atoms with Crippen LogP contribution in [-0.4, -0.2) is 18.1 Å². The minimum atomic E-state index is -0.506. The lowest BCUT2D eigenvalue weighted by Crippen LogP contribution is -2.22. The van der Waals surface area contributed by atoms with Crippen LogP contribution in [0, 0.1) is 0 Å². The van der Waals surface area contributed by atoms with E-state index >= 15 is 0 Å². The molecule has 0 N–H and O–H groups in total. The molecule has 0 aliphatic heterocycles. The molecule has 0 saturated carbocycles. The molecule has 0 atom stereocenters. The molecule has 0 heterocycles. The Bertz CT molecular complexity index is 213. The van der Waals surface area contributed by atoms with E-state index in [1.165, 1.54) is 0 Å². The highest BCUT2D eigenvalue weighted by Gasteiger charge is 2.17. The molecule has 0 amide bonds. The van der Waals surface area contributed by atoms with E-state index in [1.807, 2.05) is 33.8 Å². The summed E-state index contributed by atoms with van der Waals surface area (Å²) in [5, 5.41) is 3.74. The topological polar surface area (TPSA) is 38.7 Å². The Morgan fingerprint density at radius 2 is 2.08 bits per heavy atom. The van der Waals surface area contributed by atoms with Crippen LogP contribution in [0.5, 0.6) is 0 Å². The van der Waals surface area contributed by atoms with Crippen LogP contribution in [0.25, 0.3) is 0 Å². The number of rotatable bonds is 5. The van der Waals surface area contributed by atoms with Crippen molar-refractivity contribution in [1.82, 2.24) is 0 Å². The van der Waals surface area contributed by atoms with E-state index in [2.05, 4.69) is 5.16 Å². The third kappa shape index (κ3) is 7.25. The van der Waals surface area contributed by atoms with Gasteiger partial charge in [-0.3, -0.25) is 0 Å². The average molecular weight is 183 g/mol. The van der Waals surface area contributed by atoms with Crippen molar-refractivity contribution in [3.8, 4) is 0 Å². The van der Waals surface area contributed by atoms with Crippen molar-refractivity contribution in [1.29, 1.82) is 0 Å². The second-order valence-corrected chi connectivity index (χ2v) is 3.72. The fourth-order valence-electron chi connectivity index (χ4n) is 0.591. The first-order valence-corrected chi connectivity index (χ1v) is 4.26. The molecule has 13 heavy (non-hydrogen) atoms. The summed E-state index contributed by atoms with van der Waals surface area (Å²) < 4.78 is 0. The maximum Gasteiger partial charge on any atom is 0.138 e. The number of aldehydes is 1. The minimum Gasteiger partial charge on any atom is -0.389 e. The first kappa shape index (κ1) is 11.9.